The molecule has 1 saturated heterocycles. The van der Waals surface area contributed by atoms with Crippen LogP contribution in [0.5, 0.6) is 0 Å². The van der Waals surface area contributed by atoms with Gasteiger partial charge in [0, 0.05) is 35.9 Å². The van der Waals surface area contributed by atoms with Gasteiger partial charge >= 0.3 is 0 Å². The minimum absolute atomic E-state index is 0.305. The van der Waals surface area contributed by atoms with E-state index in [0.717, 1.165) is 42.0 Å². The Bertz CT molecular complexity index is 1330. The first-order chi connectivity index (χ1) is 16.7. The lowest BCUT2D eigenvalue weighted by molar-refractivity contribution is -0.111. The van der Waals surface area contributed by atoms with E-state index in [9.17, 15) is 4.79 Å². The Hall–Kier alpha value is -4.37. The molecule has 1 atom stereocenters. The summed E-state index contributed by atoms with van der Waals surface area (Å²) in [5.74, 6) is 0.973. The molecule has 3 aromatic heterocycles. The monoisotopic (exact) mass is 452 g/mol. The Kier molecular flexibility index (Phi) is 6.09. The quantitative estimate of drug-likeness (QED) is 0.314. The van der Waals surface area contributed by atoms with E-state index in [1.54, 1.807) is 30.7 Å². The maximum absolute atomic E-state index is 11.9. The van der Waals surface area contributed by atoms with Gasteiger partial charge in [-0.3, -0.25) is 9.78 Å². The number of aromatic nitrogens is 4. The Morgan fingerprint density at radius 3 is 2.82 bits per heavy atom. The topological polar surface area (TPSA) is 117 Å². The zero-order chi connectivity index (χ0) is 23.3. The first kappa shape index (κ1) is 21.5. The van der Waals surface area contributed by atoms with Gasteiger partial charge in [-0.25, -0.2) is 15.0 Å². The van der Waals surface area contributed by atoms with Gasteiger partial charge in [0.2, 0.25) is 11.9 Å². The standard InChI is InChI=1S/C25H24N8O/c1-2-22(34)32-20-7-4-11-27-24(20)19-6-3-5-16-13-29-25(33-23(16)19)31-17-8-9-21(28-15-17)30-18-10-12-26-14-18/h2-9,11,13,15,18,26H,1,10,12,14H2,(H,28,30)(H,32,34)(H,29,31,33)/t18-/m1/s1. The van der Waals surface area contributed by atoms with Crippen molar-refractivity contribution in [3.63, 3.8) is 0 Å². The minimum atomic E-state index is -0.305. The molecule has 0 saturated carbocycles. The van der Waals surface area contributed by atoms with E-state index in [1.807, 2.05) is 30.3 Å². The number of rotatable bonds is 7. The van der Waals surface area contributed by atoms with Crippen molar-refractivity contribution in [2.45, 2.75) is 12.5 Å². The maximum atomic E-state index is 11.9. The maximum Gasteiger partial charge on any atom is 0.247 e. The van der Waals surface area contributed by atoms with Crippen LogP contribution in [-0.4, -0.2) is 45.0 Å². The van der Waals surface area contributed by atoms with Crippen LogP contribution in [0.15, 0.2) is 73.7 Å². The van der Waals surface area contributed by atoms with Crippen molar-refractivity contribution in [1.29, 1.82) is 0 Å². The fourth-order valence-electron chi connectivity index (χ4n) is 3.88. The number of amides is 1. The molecule has 170 valence electrons. The first-order valence-electron chi connectivity index (χ1n) is 11.0. The van der Waals surface area contributed by atoms with Crippen LogP contribution in [0.3, 0.4) is 0 Å². The second-order valence-electron chi connectivity index (χ2n) is 7.92. The van der Waals surface area contributed by atoms with E-state index in [2.05, 4.69) is 42.8 Å². The average Bonchev–Trinajstić information content (AvgIpc) is 3.38. The molecule has 0 radical (unpaired) electrons. The minimum Gasteiger partial charge on any atom is -0.366 e. The number of hydrogen-bond acceptors (Lipinski definition) is 8. The van der Waals surface area contributed by atoms with Crippen molar-refractivity contribution in [2.75, 3.05) is 29.0 Å². The second kappa shape index (κ2) is 9.63. The summed E-state index contributed by atoms with van der Waals surface area (Å²) >= 11 is 0. The summed E-state index contributed by atoms with van der Waals surface area (Å²) in [5.41, 5.74) is 3.48. The Balaban J connectivity index is 1.42. The van der Waals surface area contributed by atoms with Crippen LogP contribution >= 0.6 is 0 Å². The number of carbonyl (C=O) groups excluding carboxylic acids is 1. The molecule has 5 rings (SSSR count). The average molecular weight is 453 g/mol. The van der Waals surface area contributed by atoms with Crippen LogP contribution in [0.1, 0.15) is 6.42 Å². The third-order valence-electron chi connectivity index (χ3n) is 5.55. The molecule has 1 aliphatic rings. The highest BCUT2D eigenvalue weighted by molar-refractivity contribution is 6.03. The molecule has 1 aromatic carbocycles. The fourth-order valence-corrected chi connectivity index (χ4v) is 3.88. The first-order valence-corrected chi connectivity index (χ1v) is 11.0. The lowest BCUT2D eigenvalue weighted by atomic mass is 10.1. The van der Waals surface area contributed by atoms with Gasteiger partial charge < -0.3 is 21.3 Å². The number of nitrogens with zero attached hydrogens (tertiary/aromatic N) is 4. The molecule has 4 heterocycles. The molecule has 1 amide bonds. The van der Waals surface area contributed by atoms with Gasteiger partial charge in [0.05, 0.1) is 28.8 Å². The molecule has 4 N–H and O–H groups in total. The van der Waals surface area contributed by atoms with Crippen molar-refractivity contribution in [2.24, 2.45) is 0 Å². The molecule has 0 unspecified atom stereocenters. The van der Waals surface area contributed by atoms with Crippen LogP contribution < -0.4 is 21.3 Å². The predicted octanol–water partition coefficient (Wildman–Crippen LogP) is 3.73. The Labute approximate surface area is 196 Å². The van der Waals surface area contributed by atoms with Crippen molar-refractivity contribution in [1.82, 2.24) is 25.3 Å². The van der Waals surface area contributed by atoms with E-state index in [4.69, 9.17) is 4.98 Å². The van der Waals surface area contributed by atoms with E-state index in [-0.39, 0.29) is 5.91 Å². The van der Waals surface area contributed by atoms with E-state index >= 15 is 0 Å². The van der Waals surface area contributed by atoms with E-state index < -0.39 is 0 Å². The predicted molar refractivity (Wildman–Crippen MR) is 134 cm³/mol. The van der Waals surface area contributed by atoms with Gasteiger partial charge in [-0.2, -0.15) is 0 Å². The summed E-state index contributed by atoms with van der Waals surface area (Å²) in [5, 5.41) is 13.7. The van der Waals surface area contributed by atoms with Crippen LogP contribution in [0.25, 0.3) is 22.2 Å². The summed E-state index contributed by atoms with van der Waals surface area (Å²) < 4.78 is 0. The van der Waals surface area contributed by atoms with Crippen LogP contribution in [0, 0.1) is 0 Å². The normalized spacial score (nSPS) is 15.1. The van der Waals surface area contributed by atoms with Gasteiger partial charge in [0.1, 0.15) is 5.82 Å². The highest BCUT2D eigenvalue weighted by Gasteiger charge is 2.15. The van der Waals surface area contributed by atoms with Gasteiger partial charge in [-0.05, 0) is 43.3 Å². The molecule has 1 aliphatic heterocycles. The molecule has 0 aliphatic carbocycles. The fraction of sp³-hybridized carbons (Fsp3) is 0.160. The molecule has 9 nitrogen and oxygen atoms in total. The molecular formula is C25H24N8O. The molecular weight excluding hydrogens is 428 g/mol. The lowest BCUT2D eigenvalue weighted by Crippen LogP contribution is -2.22. The molecule has 34 heavy (non-hydrogen) atoms. The van der Waals surface area contributed by atoms with Gasteiger partial charge in [0.15, 0.2) is 0 Å². The number of fused-ring (bicyclic) bond motifs is 1. The number of benzene rings is 1. The van der Waals surface area contributed by atoms with Crippen molar-refractivity contribution in [3.05, 3.63) is 73.7 Å². The van der Waals surface area contributed by atoms with Gasteiger partial charge in [-0.1, -0.05) is 24.8 Å². The Morgan fingerprint density at radius 1 is 1.09 bits per heavy atom. The van der Waals surface area contributed by atoms with E-state index in [0.29, 0.717) is 28.9 Å². The molecule has 4 aromatic rings. The second-order valence-corrected chi connectivity index (χ2v) is 7.92. The zero-order valence-corrected chi connectivity index (χ0v) is 18.5. The number of hydrogen-bond donors (Lipinski definition) is 4. The molecule has 0 spiro atoms. The number of pyridine rings is 2. The summed E-state index contributed by atoms with van der Waals surface area (Å²) in [7, 11) is 0. The van der Waals surface area contributed by atoms with E-state index in [1.165, 1.54) is 6.08 Å². The molecule has 1 fully saturated rings. The Morgan fingerprint density at radius 2 is 2.03 bits per heavy atom. The zero-order valence-electron chi connectivity index (χ0n) is 18.5. The van der Waals surface area contributed by atoms with Crippen molar-refractivity contribution >= 4 is 40.0 Å². The summed E-state index contributed by atoms with van der Waals surface area (Å²) in [6.45, 7) is 5.49. The summed E-state index contributed by atoms with van der Waals surface area (Å²) in [6, 6.07) is 13.6. The number of carbonyl (C=O) groups is 1. The molecule has 0 bridgehead atoms. The van der Waals surface area contributed by atoms with Crippen molar-refractivity contribution in [3.8, 4) is 11.3 Å². The van der Waals surface area contributed by atoms with Crippen LogP contribution in [-0.2, 0) is 4.79 Å². The lowest BCUT2D eigenvalue weighted by Gasteiger charge is -2.13. The van der Waals surface area contributed by atoms with Gasteiger partial charge in [0.25, 0.3) is 0 Å². The largest absolute Gasteiger partial charge is 0.366 e. The third kappa shape index (κ3) is 4.69. The van der Waals surface area contributed by atoms with Gasteiger partial charge in [-0.15, -0.1) is 0 Å². The number of nitrogens with one attached hydrogen (secondary N) is 4. The number of para-hydroxylation sites is 1. The smallest absolute Gasteiger partial charge is 0.247 e. The molecule has 9 heteroatoms. The number of anilines is 4. The van der Waals surface area contributed by atoms with Crippen LogP contribution in [0.4, 0.5) is 23.1 Å². The van der Waals surface area contributed by atoms with Crippen LogP contribution in [0.2, 0.25) is 0 Å². The summed E-state index contributed by atoms with van der Waals surface area (Å²) in [6.07, 6.45) is 7.51. The SMILES string of the molecule is C=CC(=O)Nc1cccnc1-c1cccc2cnc(Nc3ccc(N[C@@H]4CCNC4)nc3)nc12. The third-order valence-corrected chi connectivity index (χ3v) is 5.55. The highest BCUT2D eigenvalue weighted by Crippen LogP contribution is 2.31. The highest BCUT2D eigenvalue weighted by atomic mass is 16.1. The summed E-state index contributed by atoms with van der Waals surface area (Å²) in [4.78, 5) is 30.1. The van der Waals surface area contributed by atoms with Crippen molar-refractivity contribution < 1.29 is 4.79 Å².